The number of benzene rings is 2. The van der Waals surface area contributed by atoms with Crippen molar-refractivity contribution in [1.82, 2.24) is 25.1 Å². The number of hydrogen-bond acceptors (Lipinski definition) is 6. The molecule has 2 N–H and O–H groups in total. The summed E-state index contributed by atoms with van der Waals surface area (Å²) in [4.78, 5) is 17.0. The van der Waals surface area contributed by atoms with Crippen LogP contribution in [-0.4, -0.2) is 46.0 Å². The van der Waals surface area contributed by atoms with Crippen molar-refractivity contribution < 1.29 is 27.4 Å². The second-order valence-corrected chi connectivity index (χ2v) is 11.3. The van der Waals surface area contributed by atoms with Crippen molar-refractivity contribution in [3.8, 4) is 39.5 Å². The number of methoxy groups -OCH3 is 1. The third kappa shape index (κ3) is 5.58. The number of ether oxygens (including phenoxy) is 2. The van der Waals surface area contributed by atoms with Crippen LogP contribution in [0.1, 0.15) is 18.7 Å². The molecule has 45 heavy (non-hydrogen) atoms. The Kier molecular flexibility index (Phi) is 8.17. The standard InChI is InChI=1S/C33H28F3N5O3S/c1-5-27(42)37-17(2)23-15-24(40-39-23)32-30(28-21(35)13-20(34)14-26(28)44-11-10-43-4)29-22(36)16-45-33(29)31(38-32)19-6-7-25-18(12-19)8-9-41(25)3/h5-9,12-17H,1,10-11H2,2-4H3,(H,37,42)(H,39,40)/t17-/m1/s1. The lowest BCUT2D eigenvalue weighted by molar-refractivity contribution is -0.117. The highest BCUT2D eigenvalue weighted by Crippen LogP contribution is 2.48. The second kappa shape index (κ2) is 12.2. The van der Waals surface area contributed by atoms with E-state index in [0.717, 1.165) is 40.4 Å². The first kappa shape index (κ1) is 30.1. The summed E-state index contributed by atoms with van der Waals surface area (Å²) >= 11 is 1.13. The number of thiophene rings is 1. The monoisotopic (exact) mass is 631 g/mol. The smallest absolute Gasteiger partial charge is 0.243 e. The summed E-state index contributed by atoms with van der Waals surface area (Å²) in [5.74, 6) is -2.95. The molecule has 0 aliphatic rings. The van der Waals surface area contributed by atoms with Crippen LogP contribution in [0, 0.1) is 17.5 Å². The van der Waals surface area contributed by atoms with E-state index in [0.29, 0.717) is 21.7 Å². The number of aromatic nitrogens is 4. The number of aryl methyl sites for hydroxylation is 1. The van der Waals surface area contributed by atoms with Gasteiger partial charge in [0.2, 0.25) is 5.91 Å². The average molecular weight is 632 g/mol. The molecule has 230 valence electrons. The first-order chi connectivity index (χ1) is 21.7. The molecule has 6 rings (SSSR count). The summed E-state index contributed by atoms with van der Waals surface area (Å²) < 4.78 is 59.7. The Labute approximate surface area is 260 Å². The maximum Gasteiger partial charge on any atom is 0.243 e. The van der Waals surface area contributed by atoms with Gasteiger partial charge < -0.3 is 19.4 Å². The number of nitrogens with zero attached hydrogens (tertiary/aromatic N) is 3. The molecule has 1 amide bonds. The summed E-state index contributed by atoms with van der Waals surface area (Å²) in [6.45, 7) is 5.37. The number of fused-ring (bicyclic) bond motifs is 2. The Bertz CT molecular complexity index is 2080. The molecule has 4 heterocycles. The van der Waals surface area contributed by atoms with Gasteiger partial charge in [-0.05, 0) is 37.3 Å². The van der Waals surface area contributed by atoms with Crippen molar-refractivity contribution in [2.24, 2.45) is 7.05 Å². The van der Waals surface area contributed by atoms with Gasteiger partial charge >= 0.3 is 0 Å². The number of rotatable bonds is 10. The maximum absolute atomic E-state index is 15.9. The Morgan fingerprint density at radius 1 is 1.11 bits per heavy atom. The van der Waals surface area contributed by atoms with Crippen LogP contribution in [0.25, 0.3) is 54.8 Å². The lowest BCUT2D eigenvalue weighted by atomic mass is 9.94. The molecule has 8 nitrogen and oxygen atoms in total. The molecule has 0 saturated carbocycles. The number of H-pyrrole nitrogens is 1. The molecule has 0 saturated heterocycles. The fourth-order valence-electron chi connectivity index (χ4n) is 5.31. The molecule has 0 bridgehead atoms. The number of hydrogen-bond donors (Lipinski definition) is 2. The number of amides is 1. The predicted octanol–water partition coefficient (Wildman–Crippen LogP) is 7.32. The van der Waals surface area contributed by atoms with Gasteiger partial charge in [-0.3, -0.25) is 9.89 Å². The van der Waals surface area contributed by atoms with Crippen LogP contribution in [-0.2, 0) is 16.6 Å². The minimum absolute atomic E-state index is 0.00728. The molecule has 0 fully saturated rings. The number of carbonyl (C=O) groups excluding carboxylic acids is 1. The van der Waals surface area contributed by atoms with Crippen molar-refractivity contribution >= 4 is 38.2 Å². The van der Waals surface area contributed by atoms with E-state index in [1.165, 1.54) is 12.5 Å². The van der Waals surface area contributed by atoms with Gasteiger partial charge in [0.1, 0.15) is 41.2 Å². The lowest BCUT2D eigenvalue weighted by Crippen LogP contribution is -2.24. The zero-order valence-electron chi connectivity index (χ0n) is 24.6. The molecule has 1 atom stereocenters. The van der Waals surface area contributed by atoms with Gasteiger partial charge in [0.25, 0.3) is 0 Å². The third-order valence-corrected chi connectivity index (χ3v) is 8.45. The van der Waals surface area contributed by atoms with Crippen molar-refractivity contribution in [2.75, 3.05) is 20.3 Å². The molecule has 12 heteroatoms. The van der Waals surface area contributed by atoms with Crippen LogP contribution in [0.2, 0.25) is 0 Å². The summed E-state index contributed by atoms with van der Waals surface area (Å²) in [5.41, 5.74) is 2.97. The van der Waals surface area contributed by atoms with E-state index < -0.39 is 23.5 Å². The van der Waals surface area contributed by atoms with E-state index in [4.69, 9.17) is 14.5 Å². The average Bonchev–Trinajstić information content (AvgIpc) is 3.76. The summed E-state index contributed by atoms with van der Waals surface area (Å²) in [5, 5.41) is 12.5. The van der Waals surface area contributed by atoms with Crippen LogP contribution >= 0.6 is 11.3 Å². The molecule has 0 aliphatic carbocycles. The van der Waals surface area contributed by atoms with Crippen molar-refractivity contribution in [3.05, 3.63) is 89.8 Å². The highest BCUT2D eigenvalue weighted by Gasteiger charge is 2.28. The van der Waals surface area contributed by atoms with E-state index >= 15 is 8.78 Å². The number of pyridine rings is 1. The fourth-order valence-corrected chi connectivity index (χ4v) is 6.24. The SMILES string of the molecule is C=CC(=O)N[C@H](C)c1cc(-c2nc(-c3ccc4c(ccn4C)c3)c3scc(F)c3c2-c2c(F)cc(F)cc2OCCOC)n[nH]1. The molecule has 0 radical (unpaired) electrons. The number of nitrogens with one attached hydrogen (secondary N) is 2. The molecule has 0 spiro atoms. The van der Waals surface area contributed by atoms with Crippen LogP contribution in [0.5, 0.6) is 5.75 Å². The molecule has 0 aliphatic heterocycles. The molecular formula is C33H28F3N5O3S. The highest BCUT2D eigenvalue weighted by atomic mass is 32.1. The maximum atomic E-state index is 15.9. The van der Waals surface area contributed by atoms with E-state index in [2.05, 4.69) is 22.1 Å². The van der Waals surface area contributed by atoms with Crippen molar-refractivity contribution in [2.45, 2.75) is 13.0 Å². The molecule has 6 aromatic rings. The van der Waals surface area contributed by atoms with Gasteiger partial charge in [-0.25, -0.2) is 18.2 Å². The third-order valence-electron chi connectivity index (χ3n) is 7.50. The van der Waals surface area contributed by atoms with Crippen LogP contribution in [0.15, 0.2) is 66.7 Å². The Hall–Kier alpha value is -4.94. The van der Waals surface area contributed by atoms with Gasteiger partial charge in [-0.1, -0.05) is 12.6 Å². The second-order valence-electron chi connectivity index (χ2n) is 10.4. The number of halogens is 3. The molecule has 2 aromatic carbocycles. The first-order valence-electron chi connectivity index (χ1n) is 14.0. The van der Waals surface area contributed by atoms with Crippen LogP contribution in [0.3, 0.4) is 0 Å². The highest BCUT2D eigenvalue weighted by molar-refractivity contribution is 7.17. The van der Waals surface area contributed by atoms with Crippen molar-refractivity contribution in [3.63, 3.8) is 0 Å². The van der Waals surface area contributed by atoms with E-state index in [9.17, 15) is 9.18 Å². The van der Waals surface area contributed by atoms with E-state index in [1.54, 1.807) is 13.0 Å². The topological polar surface area (TPSA) is 94.1 Å². The van der Waals surface area contributed by atoms with Crippen LogP contribution < -0.4 is 10.1 Å². The summed E-state index contributed by atoms with van der Waals surface area (Å²) in [6.07, 6.45) is 3.09. The lowest BCUT2D eigenvalue weighted by Gasteiger charge is -2.17. The van der Waals surface area contributed by atoms with Crippen LogP contribution in [0.4, 0.5) is 13.2 Å². The van der Waals surface area contributed by atoms with Gasteiger partial charge in [0.15, 0.2) is 0 Å². The Balaban J connectivity index is 1.65. The minimum Gasteiger partial charge on any atom is -0.490 e. The Morgan fingerprint density at radius 2 is 1.93 bits per heavy atom. The van der Waals surface area contributed by atoms with Gasteiger partial charge in [-0.2, -0.15) is 5.10 Å². The quantitative estimate of drug-likeness (QED) is 0.122. The largest absolute Gasteiger partial charge is 0.490 e. The molecule has 0 unspecified atom stereocenters. The zero-order chi connectivity index (χ0) is 31.8. The molecule has 4 aromatic heterocycles. The predicted molar refractivity (Wildman–Crippen MR) is 169 cm³/mol. The normalized spacial score (nSPS) is 12.1. The van der Waals surface area contributed by atoms with Gasteiger partial charge in [-0.15, -0.1) is 11.3 Å². The minimum atomic E-state index is -0.960. The van der Waals surface area contributed by atoms with Gasteiger partial charge in [0.05, 0.1) is 34.3 Å². The van der Waals surface area contributed by atoms with Gasteiger partial charge in [0, 0.05) is 65.3 Å². The van der Waals surface area contributed by atoms with E-state index in [1.807, 2.05) is 42.1 Å². The van der Waals surface area contributed by atoms with E-state index in [-0.39, 0.29) is 52.8 Å². The summed E-state index contributed by atoms with van der Waals surface area (Å²) in [7, 11) is 3.42. The summed E-state index contributed by atoms with van der Waals surface area (Å²) in [6, 6.07) is 10.7. The zero-order valence-corrected chi connectivity index (χ0v) is 25.4. The number of aromatic amines is 1. The number of carbonyl (C=O) groups is 1. The Morgan fingerprint density at radius 3 is 2.71 bits per heavy atom. The molecular weight excluding hydrogens is 603 g/mol. The van der Waals surface area contributed by atoms with Crippen molar-refractivity contribution in [1.29, 1.82) is 0 Å². The first-order valence-corrected chi connectivity index (χ1v) is 14.8. The fraction of sp³-hybridized carbons (Fsp3) is 0.182.